The van der Waals surface area contributed by atoms with Crippen LogP contribution in [-0.4, -0.2) is 18.2 Å². The highest BCUT2D eigenvalue weighted by Gasteiger charge is 2.20. The maximum Gasteiger partial charge on any atom is 0.328 e. The summed E-state index contributed by atoms with van der Waals surface area (Å²) in [6, 6.07) is 7.67. The lowest BCUT2D eigenvalue weighted by atomic mass is 9.81. The van der Waals surface area contributed by atoms with Gasteiger partial charge in [-0.3, -0.25) is 0 Å². The molecule has 1 saturated carbocycles. The van der Waals surface area contributed by atoms with E-state index in [9.17, 15) is 4.79 Å². The van der Waals surface area contributed by atoms with Crippen molar-refractivity contribution in [3.8, 4) is 5.75 Å². The fourth-order valence-corrected chi connectivity index (χ4v) is 2.79. The lowest BCUT2D eigenvalue weighted by Gasteiger charge is -2.24. The molecule has 1 aliphatic rings. The van der Waals surface area contributed by atoms with Gasteiger partial charge >= 0.3 is 5.97 Å². The van der Waals surface area contributed by atoms with Crippen LogP contribution in [0.3, 0.4) is 0 Å². The number of carboxylic acid groups (broad SMARTS) is 1. The van der Waals surface area contributed by atoms with Gasteiger partial charge in [-0.05, 0) is 42.0 Å². The second kappa shape index (κ2) is 6.41. The van der Waals surface area contributed by atoms with Crippen LogP contribution in [-0.2, 0) is 4.79 Å². The Labute approximate surface area is 113 Å². The summed E-state index contributed by atoms with van der Waals surface area (Å²) in [5, 5.41) is 9.09. The van der Waals surface area contributed by atoms with Crippen molar-refractivity contribution in [2.45, 2.75) is 32.1 Å². The molecule has 0 saturated heterocycles. The predicted octanol–water partition coefficient (Wildman–Crippen LogP) is 3.74. The van der Waals surface area contributed by atoms with Crippen LogP contribution in [0.1, 0.15) is 37.7 Å². The third kappa shape index (κ3) is 3.60. The highest BCUT2D eigenvalue weighted by molar-refractivity contribution is 5.90. The Kier molecular flexibility index (Phi) is 4.61. The first kappa shape index (κ1) is 13.7. The van der Waals surface area contributed by atoms with Gasteiger partial charge in [0.25, 0.3) is 0 Å². The minimum absolute atomic E-state index is 0.358. The van der Waals surface area contributed by atoms with E-state index in [-0.39, 0.29) is 0 Å². The van der Waals surface area contributed by atoms with E-state index in [2.05, 4.69) is 0 Å². The quantitative estimate of drug-likeness (QED) is 0.839. The van der Waals surface area contributed by atoms with Crippen molar-refractivity contribution >= 4 is 11.5 Å². The van der Waals surface area contributed by atoms with Gasteiger partial charge < -0.3 is 9.84 Å². The second-order valence-corrected chi connectivity index (χ2v) is 5.00. The number of aliphatic carboxylic acids is 1. The molecule has 1 aromatic rings. The van der Waals surface area contributed by atoms with E-state index in [1.54, 1.807) is 7.11 Å². The van der Waals surface area contributed by atoms with Crippen molar-refractivity contribution in [3.05, 3.63) is 35.9 Å². The van der Waals surface area contributed by atoms with Gasteiger partial charge in [0.2, 0.25) is 0 Å². The van der Waals surface area contributed by atoms with Crippen LogP contribution in [0.25, 0.3) is 5.57 Å². The van der Waals surface area contributed by atoms with Gasteiger partial charge in [-0.15, -0.1) is 0 Å². The van der Waals surface area contributed by atoms with E-state index < -0.39 is 5.97 Å². The number of hydrogen-bond acceptors (Lipinski definition) is 2. The number of benzene rings is 1. The maximum absolute atomic E-state index is 11.1. The molecule has 1 fully saturated rings. The van der Waals surface area contributed by atoms with Gasteiger partial charge in [0, 0.05) is 6.08 Å². The van der Waals surface area contributed by atoms with Crippen LogP contribution in [0, 0.1) is 5.92 Å². The Morgan fingerprint density at radius 2 is 2.05 bits per heavy atom. The van der Waals surface area contributed by atoms with E-state index in [1.807, 2.05) is 24.3 Å². The molecule has 1 aliphatic carbocycles. The van der Waals surface area contributed by atoms with Gasteiger partial charge in [0.05, 0.1) is 7.11 Å². The molecule has 0 atom stereocenters. The Balaban J connectivity index is 2.33. The van der Waals surface area contributed by atoms with E-state index in [0.717, 1.165) is 29.7 Å². The highest BCUT2D eigenvalue weighted by Crippen LogP contribution is 2.36. The summed E-state index contributed by atoms with van der Waals surface area (Å²) in [6.07, 6.45) is 7.16. The molecule has 3 nitrogen and oxygen atoms in total. The molecule has 2 rings (SSSR count). The SMILES string of the molecule is COc1cccc(/C(=C/C(=O)O)C2CCCCC2)c1. The molecular weight excluding hydrogens is 240 g/mol. The Bertz CT molecular complexity index is 471. The van der Waals surface area contributed by atoms with Crippen molar-refractivity contribution < 1.29 is 14.6 Å². The van der Waals surface area contributed by atoms with Crippen molar-refractivity contribution in [2.24, 2.45) is 5.92 Å². The number of hydrogen-bond donors (Lipinski definition) is 1. The smallest absolute Gasteiger partial charge is 0.328 e. The zero-order valence-electron chi connectivity index (χ0n) is 11.3. The normalized spacial score (nSPS) is 17.2. The van der Waals surface area contributed by atoms with Gasteiger partial charge in [-0.2, -0.15) is 0 Å². The molecule has 0 spiro atoms. The average molecular weight is 260 g/mol. The van der Waals surface area contributed by atoms with Crippen molar-refractivity contribution in [3.63, 3.8) is 0 Å². The molecule has 1 aromatic carbocycles. The molecule has 102 valence electrons. The molecule has 0 bridgehead atoms. The van der Waals surface area contributed by atoms with Gasteiger partial charge in [0.15, 0.2) is 0 Å². The zero-order valence-corrected chi connectivity index (χ0v) is 11.3. The monoisotopic (exact) mass is 260 g/mol. The second-order valence-electron chi connectivity index (χ2n) is 5.00. The highest BCUT2D eigenvalue weighted by atomic mass is 16.5. The van der Waals surface area contributed by atoms with E-state index >= 15 is 0 Å². The molecule has 0 heterocycles. The fraction of sp³-hybridized carbons (Fsp3) is 0.438. The van der Waals surface area contributed by atoms with Crippen LogP contribution in [0.15, 0.2) is 30.3 Å². The molecule has 1 N–H and O–H groups in total. The lowest BCUT2D eigenvalue weighted by Crippen LogP contribution is -2.10. The number of carbonyl (C=O) groups is 1. The minimum atomic E-state index is -0.872. The number of carboxylic acids is 1. The summed E-state index contributed by atoms with van der Waals surface area (Å²) in [5.74, 6) is 0.255. The van der Waals surface area contributed by atoms with E-state index in [1.165, 1.54) is 25.3 Å². The molecule has 19 heavy (non-hydrogen) atoms. The summed E-state index contributed by atoms with van der Waals surface area (Å²) in [4.78, 5) is 11.1. The van der Waals surface area contributed by atoms with Crippen LogP contribution in [0.5, 0.6) is 5.75 Å². The molecule has 0 unspecified atom stereocenters. The first-order valence-electron chi connectivity index (χ1n) is 6.79. The lowest BCUT2D eigenvalue weighted by molar-refractivity contribution is -0.131. The summed E-state index contributed by atoms with van der Waals surface area (Å²) in [6.45, 7) is 0. The largest absolute Gasteiger partial charge is 0.497 e. The maximum atomic E-state index is 11.1. The summed E-state index contributed by atoms with van der Waals surface area (Å²) < 4.78 is 5.22. The van der Waals surface area contributed by atoms with E-state index in [4.69, 9.17) is 9.84 Å². The zero-order chi connectivity index (χ0) is 13.7. The average Bonchev–Trinajstić information content (AvgIpc) is 2.45. The van der Waals surface area contributed by atoms with E-state index in [0.29, 0.717) is 5.92 Å². The van der Waals surface area contributed by atoms with Gasteiger partial charge in [-0.25, -0.2) is 4.79 Å². The number of ether oxygens (including phenoxy) is 1. The van der Waals surface area contributed by atoms with Crippen LogP contribution in [0.4, 0.5) is 0 Å². The van der Waals surface area contributed by atoms with Crippen LogP contribution < -0.4 is 4.74 Å². The number of methoxy groups -OCH3 is 1. The predicted molar refractivity (Wildman–Crippen MR) is 75.2 cm³/mol. The molecule has 0 aliphatic heterocycles. The van der Waals surface area contributed by atoms with Crippen LogP contribution >= 0.6 is 0 Å². The third-order valence-corrected chi connectivity index (χ3v) is 3.73. The summed E-state index contributed by atoms with van der Waals surface area (Å²) >= 11 is 0. The number of rotatable bonds is 4. The molecule has 0 amide bonds. The number of allylic oxidation sites excluding steroid dienone is 1. The Morgan fingerprint density at radius 1 is 1.32 bits per heavy atom. The summed E-state index contributed by atoms with van der Waals surface area (Å²) in [7, 11) is 1.63. The van der Waals surface area contributed by atoms with Gasteiger partial charge in [-0.1, -0.05) is 31.4 Å². The topological polar surface area (TPSA) is 46.5 Å². The molecule has 0 aromatic heterocycles. The van der Waals surface area contributed by atoms with Crippen LogP contribution in [0.2, 0.25) is 0 Å². The molecule has 3 heteroatoms. The third-order valence-electron chi connectivity index (χ3n) is 3.73. The first-order chi connectivity index (χ1) is 9.20. The van der Waals surface area contributed by atoms with Crippen molar-refractivity contribution in [1.82, 2.24) is 0 Å². The molecular formula is C16H20O3. The summed E-state index contributed by atoms with van der Waals surface area (Å²) in [5.41, 5.74) is 1.90. The van der Waals surface area contributed by atoms with Gasteiger partial charge in [0.1, 0.15) is 5.75 Å². The fourth-order valence-electron chi connectivity index (χ4n) is 2.79. The first-order valence-corrected chi connectivity index (χ1v) is 6.79. The van der Waals surface area contributed by atoms with Crippen molar-refractivity contribution in [1.29, 1.82) is 0 Å². The van der Waals surface area contributed by atoms with Crippen molar-refractivity contribution in [2.75, 3.05) is 7.11 Å². The molecule has 0 radical (unpaired) electrons. The minimum Gasteiger partial charge on any atom is -0.497 e. The standard InChI is InChI=1S/C16H20O3/c1-19-14-9-5-8-13(10-14)15(11-16(17)18)12-6-3-2-4-7-12/h5,8-12H,2-4,6-7H2,1H3,(H,17,18)/b15-11+. The Morgan fingerprint density at radius 3 is 2.68 bits per heavy atom. The Hall–Kier alpha value is -1.77.